The van der Waals surface area contributed by atoms with Crippen LogP contribution in [-0.2, 0) is 0 Å². The monoisotopic (exact) mass is 2070 g/mol. The normalized spacial score (nSPS) is 18.5. The van der Waals surface area contributed by atoms with Gasteiger partial charge in [-0.15, -0.1) is 0 Å². The van der Waals surface area contributed by atoms with E-state index in [9.17, 15) is 0 Å². The van der Waals surface area contributed by atoms with Crippen LogP contribution in [0.4, 0.5) is 0 Å². The third-order valence-electron chi connectivity index (χ3n) is 35.1. The fourth-order valence-corrected chi connectivity index (χ4v) is 51.9. The highest BCUT2D eigenvalue weighted by Gasteiger charge is 2.59. The summed E-state index contributed by atoms with van der Waals surface area (Å²) in [6.07, 6.45) is 74.5. The van der Waals surface area contributed by atoms with E-state index in [4.69, 9.17) is 0 Å². The average Bonchev–Trinajstić information content (AvgIpc) is 1.59. The summed E-state index contributed by atoms with van der Waals surface area (Å²) in [7, 11) is 7.14. The molecule has 0 atom stereocenters. The molecule has 0 heterocycles. The van der Waals surface area contributed by atoms with E-state index in [2.05, 4.69) is 278 Å². The minimum absolute atomic E-state index is 0.735. The van der Waals surface area contributed by atoms with Gasteiger partial charge in [0.25, 0.3) is 0 Å². The SMILES string of the molecule is CCCC[N](C(CC)CC)[Al]([N](CCCC)C(CC)CC)[N](CCCC)C(CC)CC.CCCC[N](C1CC1)[Al]([N](CCCC)C1CC1)[N](CCCC)C1CC1.CCC[N](C(CC)CC)[Al]([N](CCC)C(CC)CC)[N](CCC)C(CC)CC.CCC[N](C1CC1)[Al]([N](CCC)C1CC1)[N](CCC)C1CC1.CC[N](C1CC1)[Al]([N](CC)C1CC1)[N](CC)C1CC1.C[N](C1CC1)[Al]([N](C)C1CC1)[N](C)C1CC1. The van der Waals surface area contributed by atoms with Crippen molar-refractivity contribution >= 4 is 88.9 Å². The Hall–Kier alpha value is 2.47. The van der Waals surface area contributed by atoms with Crippen molar-refractivity contribution in [3.05, 3.63) is 0 Å². The third-order valence-corrected chi connectivity index (χ3v) is 58.0. The Labute approximate surface area is 912 Å². The van der Waals surface area contributed by atoms with Crippen LogP contribution in [-0.4, -0.2) is 387 Å². The van der Waals surface area contributed by atoms with E-state index in [1.54, 1.807) is 0 Å². The molecule has 822 valence electrons. The van der Waals surface area contributed by atoms with Gasteiger partial charge in [-0.2, -0.15) is 0 Å². The lowest BCUT2D eigenvalue weighted by atomic mass is 10.1. The molecule has 12 fully saturated rings. The fraction of sp³-hybridized carbons (Fsp3) is 1.00. The molecule has 0 bridgehead atoms. The van der Waals surface area contributed by atoms with Crippen molar-refractivity contribution in [3.63, 3.8) is 0 Å². The van der Waals surface area contributed by atoms with E-state index in [-0.39, 0.29) is 0 Å². The molecule has 24 heteroatoms. The van der Waals surface area contributed by atoms with Gasteiger partial charge in [0.05, 0.1) is 0 Å². The lowest BCUT2D eigenvalue weighted by molar-refractivity contribution is 0.161. The molecule has 12 saturated carbocycles. The van der Waals surface area contributed by atoms with Crippen molar-refractivity contribution in [2.75, 3.05) is 119 Å². The van der Waals surface area contributed by atoms with Gasteiger partial charge in [-0.1, -0.05) is 225 Å². The zero-order chi connectivity index (χ0) is 103. The first-order valence-electron chi connectivity index (χ1n) is 64.2. The summed E-state index contributed by atoms with van der Waals surface area (Å²) in [6.45, 7) is 84.4. The second-order valence-corrected chi connectivity index (χ2v) is 63.7. The van der Waals surface area contributed by atoms with E-state index in [0.717, 1.165) is 109 Å². The van der Waals surface area contributed by atoms with Crippen LogP contribution in [0.2, 0.25) is 0 Å². The van der Waals surface area contributed by atoms with Gasteiger partial charge in [0, 0.05) is 0 Å². The highest BCUT2D eigenvalue weighted by Crippen LogP contribution is 2.44. The molecule has 0 aromatic carbocycles. The van der Waals surface area contributed by atoms with E-state index in [0.29, 0.717) is 0 Å². The highest BCUT2D eigenvalue weighted by atomic mass is 27.2. The van der Waals surface area contributed by atoms with Crippen molar-refractivity contribution < 1.29 is 0 Å². The van der Waals surface area contributed by atoms with Gasteiger partial charge in [0.2, 0.25) is 0 Å². The second-order valence-electron chi connectivity index (χ2n) is 47.1. The van der Waals surface area contributed by atoms with Crippen molar-refractivity contribution in [1.29, 1.82) is 0 Å². The molecule has 0 unspecified atom stereocenters. The quantitative estimate of drug-likeness (QED) is 0.0543. The lowest BCUT2D eigenvalue weighted by Crippen LogP contribution is -2.69. The molecule has 12 rings (SSSR count). The van der Waals surface area contributed by atoms with Gasteiger partial charge >= 0.3 is 88.9 Å². The molecule has 12 aliphatic carbocycles. The van der Waals surface area contributed by atoms with Gasteiger partial charge < -0.3 is 69.9 Å². The van der Waals surface area contributed by atoms with Gasteiger partial charge in [0.1, 0.15) is 0 Å². The Morgan fingerprint density at radius 1 is 0.149 bits per heavy atom. The van der Waals surface area contributed by atoms with Crippen molar-refractivity contribution in [2.24, 2.45) is 0 Å². The standard InChI is InChI=1S/3C9H20N.3C8H18N.3C7H14N.3C6H12N.3C5H10N.3C4H8N.6Al/c3*1-4-7-8-10-9(5-2)6-3;3*1-4-7-9-8(5-2)6-3;3*1-2-3-6-8-7-4-5-7;3*1-2-5-7-6-3-4-6;3*1-2-6-5-3-4-5;3*1-5-4-2-3-4;;;;;;/h3*9H,4-8H2,1-3H3;3*8H,4-7H2,1-3H3;3*7H,2-6H2,1H3;3*6H,2-5H2,1H3;3*5H,2-4H2,1H3;3*4H,2-3H2,1H3;;;;;;/q18*-1;6*+3. The minimum atomic E-state index is -1.45. The fourth-order valence-electron chi connectivity index (χ4n) is 25.2. The first-order valence-corrected chi connectivity index (χ1v) is 73.5. The molecular formula is C117H246Al6N18. The van der Waals surface area contributed by atoms with Crippen molar-refractivity contribution in [3.8, 4) is 0 Å². The predicted octanol–water partition coefficient (Wildman–Crippen LogP) is 26.6. The third kappa shape index (κ3) is 43.4. The number of hydrogen-bond acceptors (Lipinski definition) is 18. The first-order chi connectivity index (χ1) is 68.6. The summed E-state index contributed by atoms with van der Waals surface area (Å²) in [5.41, 5.74) is 0. The van der Waals surface area contributed by atoms with E-state index < -0.39 is 88.9 Å². The van der Waals surface area contributed by atoms with Crippen LogP contribution in [0, 0.1) is 0 Å². The van der Waals surface area contributed by atoms with E-state index in [1.807, 2.05) is 0 Å². The summed E-state index contributed by atoms with van der Waals surface area (Å²) in [5, 5.41) is 0. The number of rotatable bonds is 81. The van der Waals surface area contributed by atoms with Gasteiger partial charge in [-0.3, -0.25) is 0 Å². The molecule has 0 N–H and O–H groups in total. The molecule has 0 aromatic rings. The van der Waals surface area contributed by atoms with Crippen LogP contribution in [0.25, 0.3) is 0 Å². The van der Waals surface area contributed by atoms with E-state index in [1.165, 1.54) is 445 Å². The first kappa shape index (κ1) is 130. The average molecular weight is 2070 g/mol. The van der Waals surface area contributed by atoms with Crippen molar-refractivity contribution in [1.82, 2.24) is 69.9 Å². The van der Waals surface area contributed by atoms with Gasteiger partial charge in [-0.05, 0) is 536 Å². The van der Waals surface area contributed by atoms with E-state index >= 15 is 0 Å². The molecule has 12 aliphatic rings. The van der Waals surface area contributed by atoms with Crippen LogP contribution in [0.5, 0.6) is 0 Å². The lowest BCUT2D eigenvalue weighted by Gasteiger charge is -2.49. The molecule has 141 heavy (non-hydrogen) atoms. The Kier molecular flexibility index (Phi) is 67.6. The smallest absolute Gasteiger partial charge is 0.357 e. The molecule has 18 nitrogen and oxygen atoms in total. The molecule has 0 radical (unpaired) electrons. The number of nitrogens with zero attached hydrogens (tertiary/aromatic N) is 18. The Morgan fingerprint density at radius 2 is 0.291 bits per heavy atom. The Bertz CT molecular complexity index is 2700. The van der Waals surface area contributed by atoms with Crippen molar-refractivity contribution in [2.45, 2.75) is 642 Å². The van der Waals surface area contributed by atoms with Crippen LogP contribution < -0.4 is 0 Å². The molecule has 0 amide bonds. The van der Waals surface area contributed by atoms with Crippen LogP contribution in [0.15, 0.2) is 0 Å². The summed E-state index contributed by atoms with van der Waals surface area (Å²) in [4.78, 5) is 0. The van der Waals surface area contributed by atoms with Crippen LogP contribution in [0.1, 0.15) is 534 Å². The van der Waals surface area contributed by atoms with Gasteiger partial charge in [0.15, 0.2) is 0 Å². The Morgan fingerprint density at radius 3 is 0.433 bits per heavy atom. The largest absolute Gasteiger partial charge is 0.609 e. The maximum Gasteiger partial charge on any atom is 0.609 e. The predicted molar refractivity (Wildman–Crippen MR) is 629 cm³/mol. The summed E-state index contributed by atoms with van der Waals surface area (Å²) >= 11 is -7.21. The summed E-state index contributed by atoms with van der Waals surface area (Å²) in [6, 6.07) is 15.6. The minimum Gasteiger partial charge on any atom is -0.357 e. The molecular weight excluding hydrogens is 1820 g/mol. The maximum absolute atomic E-state index is 3.09. The number of hydrogen-bond donors (Lipinski definition) is 0. The second kappa shape index (κ2) is 73.1. The molecule has 0 aromatic heterocycles. The van der Waals surface area contributed by atoms with Crippen LogP contribution in [0.3, 0.4) is 0 Å². The maximum atomic E-state index is 3.09. The zero-order valence-corrected chi connectivity index (χ0v) is 108. The summed E-state index contributed by atoms with van der Waals surface area (Å²) in [5.74, 6) is 0. The molecule has 0 saturated heterocycles. The van der Waals surface area contributed by atoms with Gasteiger partial charge in [-0.25, -0.2) is 0 Å². The summed E-state index contributed by atoms with van der Waals surface area (Å²) < 4.78 is 53.8. The number of unbranched alkanes of at least 4 members (excludes halogenated alkanes) is 6. The Balaban J connectivity index is 0.000000232. The topological polar surface area (TPSA) is 58.3 Å². The highest BCUT2D eigenvalue weighted by molar-refractivity contribution is 6.52. The zero-order valence-electron chi connectivity index (χ0n) is 101. The van der Waals surface area contributed by atoms with Crippen LogP contribution >= 0.6 is 0 Å². The molecule has 0 spiro atoms. The molecule has 0 aliphatic heterocycles.